The normalized spacial score (nSPS) is 11.6. The first-order valence-corrected chi connectivity index (χ1v) is 6.65. The molecule has 1 aromatic heterocycles. The van der Waals surface area contributed by atoms with Gasteiger partial charge in [-0.05, 0) is 22.9 Å². The zero-order valence-corrected chi connectivity index (χ0v) is 10.3. The Morgan fingerprint density at radius 2 is 1.56 bits per heavy atom. The highest BCUT2D eigenvalue weighted by molar-refractivity contribution is 7.26. The third kappa shape index (κ3) is 1.24. The third-order valence-electron chi connectivity index (χ3n) is 3.32. The molecular formula is C16H9FS. The molecule has 2 heteroatoms. The van der Waals surface area contributed by atoms with Gasteiger partial charge in [0.05, 0.1) is 4.70 Å². The predicted octanol–water partition coefficient (Wildman–Crippen LogP) is 5.35. The fourth-order valence-corrected chi connectivity index (χ4v) is 3.66. The fourth-order valence-electron chi connectivity index (χ4n) is 2.53. The van der Waals surface area contributed by atoms with Crippen LogP contribution in [0, 0.1) is 5.82 Å². The molecule has 0 bridgehead atoms. The van der Waals surface area contributed by atoms with E-state index in [0.29, 0.717) is 0 Å². The molecule has 0 spiro atoms. The zero-order valence-electron chi connectivity index (χ0n) is 9.48. The second kappa shape index (κ2) is 3.53. The molecule has 1 heterocycles. The number of hydrogen-bond donors (Lipinski definition) is 0. The van der Waals surface area contributed by atoms with Gasteiger partial charge in [0.1, 0.15) is 5.82 Å². The number of thiophene rings is 1. The molecule has 0 N–H and O–H groups in total. The Morgan fingerprint density at radius 3 is 2.44 bits per heavy atom. The van der Waals surface area contributed by atoms with Gasteiger partial charge < -0.3 is 0 Å². The van der Waals surface area contributed by atoms with Crippen molar-refractivity contribution < 1.29 is 4.39 Å². The average Bonchev–Trinajstić information content (AvgIpc) is 2.79. The van der Waals surface area contributed by atoms with Crippen LogP contribution in [-0.2, 0) is 0 Å². The van der Waals surface area contributed by atoms with Crippen molar-refractivity contribution in [1.82, 2.24) is 0 Å². The second-order valence-electron chi connectivity index (χ2n) is 4.38. The predicted molar refractivity (Wildman–Crippen MR) is 76.8 cm³/mol. The average molecular weight is 252 g/mol. The first kappa shape index (κ1) is 10.0. The smallest absolute Gasteiger partial charge is 0.141 e. The van der Waals surface area contributed by atoms with Crippen LogP contribution in [0.1, 0.15) is 0 Å². The van der Waals surface area contributed by atoms with Crippen LogP contribution in [0.4, 0.5) is 4.39 Å². The first-order chi connectivity index (χ1) is 8.84. The van der Waals surface area contributed by atoms with Crippen molar-refractivity contribution in [2.75, 3.05) is 0 Å². The van der Waals surface area contributed by atoms with Gasteiger partial charge in [0.2, 0.25) is 0 Å². The van der Waals surface area contributed by atoms with Gasteiger partial charge in [-0.25, -0.2) is 4.39 Å². The minimum absolute atomic E-state index is 0.120. The molecule has 0 saturated carbocycles. The van der Waals surface area contributed by atoms with E-state index in [2.05, 4.69) is 12.1 Å². The maximum absolute atomic E-state index is 14.2. The van der Waals surface area contributed by atoms with Gasteiger partial charge in [-0.15, -0.1) is 11.3 Å². The van der Waals surface area contributed by atoms with Gasteiger partial charge in [-0.2, -0.15) is 0 Å². The molecule has 0 radical (unpaired) electrons. The van der Waals surface area contributed by atoms with Crippen molar-refractivity contribution in [1.29, 1.82) is 0 Å². The Kier molecular flexibility index (Phi) is 1.97. The third-order valence-corrected chi connectivity index (χ3v) is 4.50. The van der Waals surface area contributed by atoms with E-state index in [-0.39, 0.29) is 5.82 Å². The number of halogens is 1. The van der Waals surface area contributed by atoms with Crippen LogP contribution >= 0.6 is 11.3 Å². The molecule has 18 heavy (non-hydrogen) atoms. The van der Waals surface area contributed by atoms with E-state index < -0.39 is 0 Å². The maximum atomic E-state index is 14.2. The number of rotatable bonds is 0. The lowest BCUT2D eigenvalue weighted by Gasteiger charge is -2.01. The van der Waals surface area contributed by atoms with Crippen molar-refractivity contribution >= 4 is 42.3 Å². The highest BCUT2D eigenvalue weighted by Crippen LogP contribution is 2.39. The summed E-state index contributed by atoms with van der Waals surface area (Å²) in [5, 5.41) is 4.29. The van der Waals surface area contributed by atoms with Crippen molar-refractivity contribution in [3.05, 3.63) is 60.4 Å². The molecule has 4 aromatic rings. The van der Waals surface area contributed by atoms with Crippen LogP contribution < -0.4 is 0 Å². The summed E-state index contributed by atoms with van der Waals surface area (Å²) in [5.74, 6) is -0.120. The Balaban J connectivity index is 2.41. The van der Waals surface area contributed by atoms with Gasteiger partial charge in [-0.1, -0.05) is 42.5 Å². The highest BCUT2D eigenvalue weighted by Gasteiger charge is 2.12. The maximum Gasteiger partial charge on any atom is 0.141 e. The van der Waals surface area contributed by atoms with Crippen LogP contribution in [0.25, 0.3) is 30.9 Å². The van der Waals surface area contributed by atoms with Gasteiger partial charge in [0.25, 0.3) is 0 Å². The van der Waals surface area contributed by atoms with E-state index in [0.717, 1.165) is 30.9 Å². The molecule has 4 rings (SSSR count). The summed E-state index contributed by atoms with van der Waals surface area (Å²) in [6.45, 7) is 0. The summed E-state index contributed by atoms with van der Waals surface area (Å²) in [6.07, 6.45) is 0. The molecular weight excluding hydrogens is 243 g/mol. The van der Waals surface area contributed by atoms with E-state index >= 15 is 0 Å². The number of hydrogen-bond acceptors (Lipinski definition) is 1. The van der Waals surface area contributed by atoms with Crippen molar-refractivity contribution in [2.24, 2.45) is 0 Å². The van der Waals surface area contributed by atoms with Crippen molar-refractivity contribution in [3.8, 4) is 0 Å². The molecule has 0 saturated heterocycles. The largest absolute Gasteiger partial charge is 0.205 e. The fraction of sp³-hybridized carbons (Fsp3) is 0. The molecule has 0 aliphatic heterocycles. The minimum Gasteiger partial charge on any atom is -0.205 e. The van der Waals surface area contributed by atoms with Crippen molar-refractivity contribution in [3.63, 3.8) is 0 Å². The summed E-state index contributed by atoms with van der Waals surface area (Å²) in [4.78, 5) is 0. The van der Waals surface area contributed by atoms with Crippen LogP contribution in [0.2, 0.25) is 0 Å². The lowest BCUT2D eigenvalue weighted by Crippen LogP contribution is -1.78. The van der Waals surface area contributed by atoms with E-state index in [4.69, 9.17) is 0 Å². The first-order valence-electron chi connectivity index (χ1n) is 5.83. The van der Waals surface area contributed by atoms with Crippen LogP contribution in [-0.4, -0.2) is 0 Å². The topological polar surface area (TPSA) is 0 Å². The zero-order chi connectivity index (χ0) is 12.1. The molecule has 0 aliphatic rings. The molecule has 0 unspecified atom stereocenters. The quantitative estimate of drug-likeness (QED) is 0.396. The van der Waals surface area contributed by atoms with Crippen LogP contribution in [0.3, 0.4) is 0 Å². The Hall–Kier alpha value is -1.93. The minimum atomic E-state index is -0.120. The van der Waals surface area contributed by atoms with Gasteiger partial charge in [0, 0.05) is 15.5 Å². The summed E-state index contributed by atoms with van der Waals surface area (Å²) >= 11 is 1.53. The SMILES string of the molecule is Fc1cc2ccccc2c2c1sc1ccccc12. The van der Waals surface area contributed by atoms with E-state index in [9.17, 15) is 4.39 Å². The number of fused-ring (bicyclic) bond motifs is 5. The van der Waals surface area contributed by atoms with Crippen molar-refractivity contribution in [2.45, 2.75) is 0 Å². The molecule has 86 valence electrons. The lowest BCUT2D eigenvalue weighted by molar-refractivity contribution is 0.643. The molecule has 3 aromatic carbocycles. The summed E-state index contributed by atoms with van der Waals surface area (Å²) < 4.78 is 16.1. The second-order valence-corrected chi connectivity index (χ2v) is 5.43. The summed E-state index contributed by atoms with van der Waals surface area (Å²) in [5.41, 5.74) is 0. The van der Waals surface area contributed by atoms with Crippen LogP contribution in [0.5, 0.6) is 0 Å². The highest BCUT2D eigenvalue weighted by atomic mass is 32.1. The standard InChI is InChI=1S/C16H9FS/c17-13-9-10-5-1-2-6-11(10)15-12-7-3-4-8-14(12)18-16(13)15/h1-9H. The summed E-state index contributed by atoms with van der Waals surface area (Å²) in [7, 11) is 0. The summed E-state index contributed by atoms with van der Waals surface area (Å²) in [6, 6.07) is 17.7. The molecule has 0 aliphatic carbocycles. The Morgan fingerprint density at radius 1 is 0.833 bits per heavy atom. The Labute approximate surface area is 107 Å². The molecule has 0 amide bonds. The van der Waals surface area contributed by atoms with Gasteiger partial charge >= 0.3 is 0 Å². The monoisotopic (exact) mass is 252 g/mol. The van der Waals surface area contributed by atoms with Gasteiger partial charge in [-0.3, -0.25) is 0 Å². The van der Waals surface area contributed by atoms with E-state index in [1.807, 2.05) is 36.4 Å². The Bertz CT molecular complexity index is 889. The van der Waals surface area contributed by atoms with E-state index in [1.54, 1.807) is 6.07 Å². The lowest BCUT2D eigenvalue weighted by atomic mass is 10.0. The molecule has 0 atom stereocenters. The van der Waals surface area contributed by atoms with Crippen LogP contribution in [0.15, 0.2) is 54.6 Å². The van der Waals surface area contributed by atoms with Gasteiger partial charge in [0.15, 0.2) is 0 Å². The molecule has 0 nitrogen and oxygen atoms in total. The number of benzene rings is 3. The van der Waals surface area contributed by atoms with E-state index in [1.165, 1.54) is 11.3 Å². The molecule has 0 fully saturated rings.